The molecule has 1 aromatic carbocycles. The fraction of sp³-hybridized carbons (Fsp3) is 0.207. The molecule has 6 heterocycles. The number of benzene rings is 1. The largest absolute Gasteiger partial charge is 0.492 e. The number of H-pyrrole nitrogens is 2. The molecule has 1 saturated heterocycles. The quantitative estimate of drug-likeness (QED) is 0.296. The van der Waals surface area contributed by atoms with Crippen molar-refractivity contribution < 1.29 is 9.13 Å². The Hall–Kier alpha value is -4.70. The molecule has 0 bridgehead atoms. The molecule has 1 aliphatic rings. The normalized spacial score (nSPS) is 14.0. The molecule has 0 saturated carbocycles. The third kappa shape index (κ3) is 4.59. The molecule has 7 rings (SSSR count). The minimum atomic E-state index is -0.344. The number of nitrogens with one attached hydrogen (secondary N) is 2. The standard InChI is InChI=1S/C29H25FN8O/c30-19-13-18(14-20(15-19)39-12-11-38-9-1-2-10-38)21-5-6-33-29-22(21)16-25(35-29)28-27-24(36-37-28)4-3-23(34-27)26-17-31-7-8-32-26/h3-8,13-17H,1-2,9-12H2,(H,33,35)(H,36,37). The molecule has 39 heavy (non-hydrogen) atoms. The molecule has 6 aromatic rings. The van der Waals surface area contributed by atoms with Gasteiger partial charge >= 0.3 is 0 Å². The van der Waals surface area contributed by atoms with Gasteiger partial charge in [0.15, 0.2) is 0 Å². The van der Waals surface area contributed by atoms with Crippen LogP contribution in [0.2, 0.25) is 0 Å². The number of pyridine rings is 2. The highest BCUT2D eigenvalue weighted by Crippen LogP contribution is 2.35. The number of ether oxygens (including phenoxy) is 1. The number of nitrogens with zero attached hydrogens (tertiary/aromatic N) is 6. The lowest BCUT2D eigenvalue weighted by Crippen LogP contribution is -2.25. The van der Waals surface area contributed by atoms with Crippen molar-refractivity contribution >= 4 is 22.1 Å². The fourth-order valence-corrected chi connectivity index (χ4v) is 5.17. The Labute approximate surface area is 223 Å². The maximum absolute atomic E-state index is 14.7. The first-order valence-corrected chi connectivity index (χ1v) is 13.0. The van der Waals surface area contributed by atoms with Gasteiger partial charge in [-0.15, -0.1) is 0 Å². The van der Waals surface area contributed by atoms with Crippen LogP contribution in [-0.2, 0) is 0 Å². The zero-order chi connectivity index (χ0) is 26.2. The van der Waals surface area contributed by atoms with E-state index >= 15 is 0 Å². The maximum Gasteiger partial charge on any atom is 0.138 e. The van der Waals surface area contributed by atoms with E-state index in [4.69, 9.17) is 9.72 Å². The molecule has 0 amide bonds. The number of hydrogen-bond donors (Lipinski definition) is 2. The number of rotatable bonds is 7. The Morgan fingerprint density at radius 2 is 1.87 bits per heavy atom. The summed E-state index contributed by atoms with van der Waals surface area (Å²) in [6.45, 7) is 3.57. The number of halogens is 1. The molecule has 0 unspecified atom stereocenters. The number of aromatic amines is 2. The Bertz CT molecular complexity index is 1780. The van der Waals surface area contributed by atoms with E-state index in [1.165, 1.54) is 25.0 Å². The molecule has 0 atom stereocenters. The Morgan fingerprint density at radius 3 is 2.74 bits per heavy atom. The van der Waals surface area contributed by atoms with Gasteiger partial charge in [0.25, 0.3) is 0 Å². The zero-order valence-electron chi connectivity index (χ0n) is 21.1. The smallest absolute Gasteiger partial charge is 0.138 e. The monoisotopic (exact) mass is 520 g/mol. The molecule has 0 spiro atoms. The third-order valence-corrected chi connectivity index (χ3v) is 7.08. The molecule has 9 nitrogen and oxygen atoms in total. The highest BCUT2D eigenvalue weighted by atomic mass is 19.1. The zero-order valence-corrected chi connectivity index (χ0v) is 21.1. The summed E-state index contributed by atoms with van der Waals surface area (Å²) in [7, 11) is 0. The first kappa shape index (κ1) is 23.4. The molecule has 10 heteroatoms. The predicted molar refractivity (Wildman–Crippen MR) is 147 cm³/mol. The second-order valence-electron chi connectivity index (χ2n) is 9.63. The summed E-state index contributed by atoms with van der Waals surface area (Å²) in [6.07, 6.45) is 9.11. The van der Waals surface area contributed by atoms with Gasteiger partial charge in [-0.1, -0.05) is 0 Å². The van der Waals surface area contributed by atoms with Gasteiger partial charge in [-0.25, -0.2) is 14.4 Å². The van der Waals surface area contributed by atoms with Crippen molar-refractivity contribution in [3.05, 3.63) is 73.1 Å². The molecule has 1 fully saturated rings. The second kappa shape index (κ2) is 9.88. The Balaban J connectivity index is 1.23. The van der Waals surface area contributed by atoms with Gasteiger partial charge in [-0.3, -0.25) is 20.0 Å². The lowest BCUT2D eigenvalue weighted by molar-refractivity contribution is 0.237. The van der Waals surface area contributed by atoms with Gasteiger partial charge in [-0.05, 0) is 73.5 Å². The van der Waals surface area contributed by atoms with Crippen molar-refractivity contribution in [1.82, 2.24) is 40.0 Å². The highest BCUT2D eigenvalue weighted by Gasteiger charge is 2.17. The van der Waals surface area contributed by atoms with E-state index < -0.39 is 0 Å². The maximum atomic E-state index is 14.7. The average Bonchev–Trinajstić information content (AvgIpc) is 3.72. The molecule has 5 aromatic heterocycles. The molecule has 0 radical (unpaired) electrons. The number of likely N-dealkylation sites (tertiary alicyclic amines) is 1. The topological polar surface area (TPSA) is 108 Å². The van der Waals surface area contributed by atoms with Crippen LogP contribution in [0, 0.1) is 5.82 Å². The minimum Gasteiger partial charge on any atom is -0.492 e. The average molecular weight is 521 g/mol. The van der Waals surface area contributed by atoms with Gasteiger partial charge in [0, 0.05) is 36.6 Å². The van der Waals surface area contributed by atoms with Gasteiger partial charge < -0.3 is 9.72 Å². The molecule has 194 valence electrons. The van der Waals surface area contributed by atoms with Gasteiger partial charge in [0.05, 0.1) is 23.1 Å². The summed E-state index contributed by atoms with van der Waals surface area (Å²) in [5, 5.41) is 8.43. The van der Waals surface area contributed by atoms with Crippen LogP contribution in [0.15, 0.2) is 67.3 Å². The summed E-state index contributed by atoms with van der Waals surface area (Å²) in [6, 6.07) is 12.5. The minimum absolute atomic E-state index is 0.344. The molecule has 2 N–H and O–H groups in total. The fourth-order valence-electron chi connectivity index (χ4n) is 5.17. The summed E-state index contributed by atoms with van der Waals surface area (Å²) < 4.78 is 20.6. The van der Waals surface area contributed by atoms with Crippen LogP contribution in [-0.4, -0.2) is 66.3 Å². The molecule has 0 aliphatic carbocycles. The van der Waals surface area contributed by atoms with E-state index in [2.05, 4.69) is 35.0 Å². The summed E-state index contributed by atoms with van der Waals surface area (Å²) in [4.78, 5) is 23.6. The number of aromatic nitrogens is 7. The summed E-state index contributed by atoms with van der Waals surface area (Å²) in [5.41, 5.74) is 6.52. The highest BCUT2D eigenvalue weighted by molar-refractivity contribution is 5.99. The van der Waals surface area contributed by atoms with Gasteiger partial charge in [0.2, 0.25) is 0 Å². The Morgan fingerprint density at radius 1 is 0.949 bits per heavy atom. The summed E-state index contributed by atoms with van der Waals surface area (Å²) >= 11 is 0. The van der Waals surface area contributed by atoms with E-state index in [0.29, 0.717) is 40.6 Å². The lowest BCUT2D eigenvalue weighted by atomic mass is 10.0. The lowest BCUT2D eigenvalue weighted by Gasteiger charge is -2.15. The van der Waals surface area contributed by atoms with Gasteiger partial charge in [0.1, 0.15) is 40.7 Å². The van der Waals surface area contributed by atoms with Crippen molar-refractivity contribution in [2.75, 3.05) is 26.2 Å². The SMILES string of the molecule is Fc1cc(OCCN2CCCC2)cc(-c2ccnc3[nH]c(-c4n[nH]c5ccc(-c6cnccn6)nc45)cc23)c1. The van der Waals surface area contributed by atoms with Gasteiger partial charge in [-0.2, -0.15) is 5.10 Å². The number of hydrogen-bond acceptors (Lipinski definition) is 7. The van der Waals surface area contributed by atoms with Crippen molar-refractivity contribution in [3.63, 3.8) is 0 Å². The van der Waals surface area contributed by atoms with E-state index in [-0.39, 0.29) is 5.82 Å². The second-order valence-corrected chi connectivity index (χ2v) is 9.63. The van der Waals surface area contributed by atoms with Crippen LogP contribution in [0.4, 0.5) is 4.39 Å². The van der Waals surface area contributed by atoms with Crippen LogP contribution in [0.3, 0.4) is 0 Å². The Kier molecular flexibility index (Phi) is 5.93. The molecule has 1 aliphatic heterocycles. The van der Waals surface area contributed by atoms with E-state index in [0.717, 1.165) is 47.4 Å². The summed E-state index contributed by atoms with van der Waals surface area (Å²) in [5.74, 6) is 0.174. The third-order valence-electron chi connectivity index (χ3n) is 7.08. The molecular formula is C29H25FN8O. The predicted octanol–water partition coefficient (Wildman–Crippen LogP) is 5.24. The van der Waals surface area contributed by atoms with E-state index in [1.807, 2.05) is 30.3 Å². The van der Waals surface area contributed by atoms with Crippen LogP contribution >= 0.6 is 0 Å². The molecular weight excluding hydrogens is 495 g/mol. The van der Waals surface area contributed by atoms with Crippen LogP contribution in [0.25, 0.3) is 56.0 Å². The first-order valence-electron chi connectivity index (χ1n) is 13.0. The van der Waals surface area contributed by atoms with Crippen LogP contribution in [0.5, 0.6) is 5.75 Å². The van der Waals surface area contributed by atoms with Crippen molar-refractivity contribution in [2.45, 2.75) is 12.8 Å². The van der Waals surface area contributed by atoms with Crippen molar-refractivity contribution in [2.24, 2.45) is 0 Å². The number of fused-ring (bicyclic) bond motifs is 2. The van der Waals surface area contributed by atoms with Crippen LogP contribution in [0.1, 0.15) is 12.8 Å². The van der Waals surface area contributed by atoms with Crippen LogP contribution < -0.4 is 4.74 Å². The van der Waals surface area contributed by atoms with Crippen molar-refractivity contribution in [1.29, 1.82) is 0 Å². The first-order chi connectivity index (χ1) is 19.2. The van der Waals surface area contributed by atoms with Crippen molar-refractivity contribution in [3.8, 4) is 39.7 Å². The van der Waals surface area contributed by atoms with E-state index in [9.17, 15) is 4.39 Å². The van der Waals surface area contributed by atoms with E-state index in [1.54, 1.807) is 24.8 Å².